The van der Waals surface area contributed by atoms with Gasteiger partial charge >= 0.3 is 6.18 Å². The fraction of sp³-hybridized carbons (Fsp3) is 0.136. The molecule has 0 unspecified atom stereocenters. The van der Waals surface area contributed by atoms with Gasteiger partial charge in [-0.3, -0.25) is 4.57 Å². The van der Waals surface area contributed by atoms with Gasteiger partial charge in [0.2, 0.25) is 0 Å². The SMILES string of the molecule is C[C@@H](N)c1ccc2c(c1)ncn2-c1cccc(-c2ccc(C(F)(F)F)cc2)c1. The Bertz CT molecular complexity index is 1130. The maximum Gasteiger partial charge on any atom is 0.416 e. The maximum absolute atomic E-state index is 12.8. The van der Waals surface area contributed by atoms with E-state index in [1.54, 1.807) is 6.33 Å². The number of nitrogens with zero attached hydrogens (tertiary/aromatic N) is 2. The van der Waals surface area contributed by atoms with Gasteiger partial charge in [0.1, 0.15) is 6.33 Å². The summed E-state index contributed by atoms with van der Waals surface area (Å²) in [6.07, 6.45) is -2.60. The van der Waals surface area contributed by atoms with Gasteiger partial charge in [0.25, 0.3) is 0 Å². The second-order valence-corrected chi connectivity index (χ2v) is 6.78. The van der Waals surface area contributed by atoms with E-state index in [1.165, 1.54) is 12.1 Å². The molecule has 6 heteroatoms. The van der Waals surface area contributed by atoms with E-state index in [2.05, 4.69) is 4.98 Å². The standard InChI is InChI=1S/C22H18F3N3/c1-14(26)16-7-10-21-20(12-16)27-13-28(21)19-4-2-3-17(11-19)15-5-8-18(9-6-15)22(23,24)25/h2-14H,26H2,1H3/t14-/m1/s1. The van der Waals surface area contributed by atoms with Crippen molar-refractivity contribution in [2.45, 2.75) is 19.1 Å². The van der Waals surface area contributed by atoms with E-state index in [4.69, 9.17) is 5.73 Å². The Hall–Kier alpha value is -3.12. The summed E-state index contributed by atoms with van der Waals surface area (Å²) in [5.74, 6) is 0. The van der Waals surface area contributed by atoms with Gasteiger partial charge in [-0.15, -0.1) is 0 Å². The Morgan fingerprint density at radius 1 is 0.929 bits per heavy atom. The van der Waals surface area contributed by atoms with Crippen LogP contribution in [0.3, 0.4) is 0 Å². The first-order valence-electron chi connectivity index (χ1n) is 8.83. The minimum Gasteiger partial charge on any atom is -0.324 e. The third-order valence-electron chi connectivity index (χ3n) is 4.77. The molecule has 1 heterocycles. The van der Waals surface area contributed by atoms with Crippen molar-refractivity contribution < 1.29 is 13.2 Å². The van der Waals surface area contributed by atoms with Gasteiger partial charge < -0.3 is 5.73 Å². The zero-order valence-corrected chi connectivity index (χ0v) is 15.1. The lowest BCUT2D eigenvalue weighted by Gasteiger charge is -2.10. The van der Waals surface area contributed by atoms with Crippen molar-refractivity contribution in [1.82, 2.24) is 9.55 Å². The van der Waals surface area contributed by atoms with Gasteiger partial charge in [-0.2, -0.15) is 13.2 Å². The second-order valence-electron chi connectivity index (χ2n) is 6.78. The normalized spacial score (nSPS) is 13.0. The molecule has 1 aromatic heterocycles. The molecule has 3 aromatic carbocycles. The van der Waals surface area contributed by atoms with Gasteiger partial charge in [-0.1, -0.05) is 30.3 Å². The van der Waals surface area contributed by atoms with E-state index in [0.717, 1.165) is 45.5 Å². The van der Waals surface area contributed by atoms with E-state index in [-0.39, 0.29) is 6.04 Å². The molecular weight excluding hydrogens is 363 g/mol. The molecule has 4 aromatic rings. The molecule has 3 nitrogen and oxygen atoms in total. The van der Waals surface area contributed by atoms with Crippen LogP contribution in [0.5, 0.6) is 0 Å². The van der Waals surface area contributed by atoms with Crippen molar-refractivity contribution in [2.75, 3.05) is 0 Å². The van der Waals surface area contributed by atoms with E-state index in [0.29, 0.717) is 0 Å². The van der Waals surface area contributed by atoms with Crippen LogP contribution in [0.4, 0.5) is 13.2 Å². The zero-order chi connectivity index (χ0) is 19.9. The van der Waals surface area contributed by atoms with E-state index < -0.39 is 11.7 Å². The maximum atomic E-state index is 12.8. The van der Waals surface area contributed by atoms with Gasteiger partial charge in [0.15, 0.2) is 0 Å². The molecule has 2 N–H and O–H groups in total. The first-order valence-corrected chi connectivity index (χ1v) is 8.83. The zero-order valence-electron chi connectivity index (χ0n) is 15.1. The lowest BCUT2D eigenvalue weighted by atomic mass is 10.0. The number of hydrogen-bond acceptors (Lipinski definition) is 2. The highest BCUT2D eigenvalue weighted by Crippen LogP contribution is 2.31. The Morgan fingerprint density at radius 2 is 1.68 bits per heavy atom. The highest BCUT2D eigenvalue weighted by Gasteiger charge is 2.29. The van der Waals surface area contributed by atoms with Crippen molar-refractivity contribution in [3.05, 3.63) is 84.2 Å². The van der Waals surface area contributed by atoms with Crippen LogP contribution in [-0.4, -0.2) is 9.55 Å². The Labute approximate surface area is 160 Å². The Kier molecular flexibility index (Phi) is 4.43. The van der Waals surface area contributed by atoms with Crippen LogP contribution in [0.2, 0.25) is 0 Å². The molecule has 0 spiro atoms. The van der Waals surface area contributed by atoms with Gasteiger partial charge in [0, 0.05) is 11.7 Å². The molecule has 0 aliphatic rings. The first-order chi connectivity index (χ1) is 13.3. The molecule has 0 amide bonds. The number of imidazole rings is 1. The minimum absolute atomic E-state index is 0.0717. The number of nitrogens with two attached hydrogens (primary N) is 1. The summed E-state index contributed by atoms with van der Waals surface area (Å²) in [6.45, 7) is 1.92. The fourth-order valence-corrected chi connectivity index (χ4v) is 3.21. The molecule has 0 aliphatic heterocycles. The van der Waals surface area contributed by atoms with Crippen molar-refractivity contribution in [3.63, 3.8) is 0 Å². The van der Waals surface area contributed by atoms with Crippen LogP contribution >= 0.6 is 0 Å². The largest absolute Gasteiger partial charge is 0.416 e. The highest BCUT2D eigenvalue weighted by molar-refractivity contribution is 5.79. The molecule has 28 heavy (non-hydrogen) atoms. The molecular formula is C22H18F3N3. The van der Waals surface area contributed by atoms with Crippen LogP contribution in [0, 0.1) is 0 Å². The summed E-state index contributed by atoms with van der Waals surface area (Å²) in [5.41, 5.74) is 10.5. The first kappa shape index (κ1) is 18.3. The monoisotopic (exact) mass is 381 g/mol. The van der Waals surface area contributed by atoms with Crippen LogP contribution in [-0.2, 0) is 6.18 Å². The summed E-state index contributed by atoms with van der Waals surface area (Å²) in [7, 11) is 0. The smallest absolute Gasteiger partial charge is 0.324 e. The highest BCUT2D eigenvalue weighted by atomic mass is 19.4. The molecule has 0 bridgehead atoms. The predicted octanol–water partition coefficient (Wildman–Crippen LogP) is 5.73. The number of halogens is 3. The number of aromatic nitrogens is 2. The van der Waals surface area contributed by atoms with E-state index >= 15 is 0 Å². The molecule has 0 saturated heterocycles. The number of benzene rings is 3. The topological polar surface area (TPSA) is 43.8 Å². The predicted molar refractivity (Wildman–Crippen MR) is 104 cm³/mol. The molecule has 0 saturated carbocycles. The quantitative estimate of drug-likeness (QED) is 0.492. The van der Waals surface area contributed by atoms with Gasteiger partial charge in [-0.25, -0.2) is 4.98 Å². The van der Waals surface area contributed by atoms with Crippen LogP contribution in [0.15, 0.2) is 73.1 Å². The fourth-order valence-electron chi connectivity index (χ4n) is 3.21. The Balaban J connectivity index is 1.72. The molecule has 0 fully saturated rings. The summed E-state index contributed by atoms with van der Waals surface area (Å²) < 4.78 is 40.3. The van der Waals surface area contributed by atoms with Crippen LogP contribution in [0.25, 0.3) is 27.8 Å². The molecule has 0 radical (unpaired) electrons. The second kappa shape index (κ2) is 6.80. The molecule has 4 rings (SSSR count). The van der Waals surface area contributed by atoms with Gasteiger partial charge in [-0.05, 0) is 60.0 Å². The third kappa shape index (κ3) is 3.39. The summed E-state index contributed by atoms with van der Waals surface area (Å²) >= 11 is 0. The lowest BCUT2D eigenvalue weighted by Crippen LogP contribution is -2.04. The summed E-state index contributed by atoms with van der Waals surface area (Å²) in [5, 5.41) is 0. The van der Waals surface area contributed by atoms with Crippen LogP contribution in [0.1, 0.15) is 24.1 Å². The molecule has 1 atom stereocenters. The average molecular weight is 381 g/mol. The molecule has 142 valence electrons. The average Bonchev–Trinajstić information content (AvgIpc) is 3.11. The van der Waals surface area contributed by atoms with Crippen LogP contribution < -0.4 is 5.73 Å². The minimum atomic E-state index is -4.34. The van der Waals surface area contributed by atoms with Gasteiger partial charge in [0.05, 0.1) is 16.6 Å². The number of hydrogen-bond donors (Lipinski definition) is 1. The number of rotatable bonds is 3. The number of fused-ring (bicyclic) bond motifs is 1. The van der Waals surface area contributed by atoms with E-state index in [9.17, 15) is 13.2 Å². The van der Waals surface area contributed by atoms with E-state index in [1.807, 2.05) is 54.0 Å². The third-order valence-corrected chi connectivity index (χ3v) is 4.77. The van der Waals surface area contributed by atoms with Crippen molar-refractivity contribution in [1.29, 1.82) is 0 Å². The number of alkyl halides is 3. The van der Waals surface area contributed by atoms with Crippen molar-refractivity contribution in [2.24, 2.45) is 5.73 Å². The Morgan fingerprint density at radius 3 is 2.36 bits per heavy atom. The molecule has 0 aliphatic carbocycles. The van der Waals surface area contributed by atoms with Crippen molar-refractivity contribution in [3.8, 4) is 16.8 Å². The summed E-state index contributed by atoms with van der Waals surface area (Å²) in [6, 6.07) is 18.7. The summed E-state index contributed by atoms with van der Waals surface area (Å²) in [4.78, 5) is 4.46. The lowest BCUT2D eigenvalue weighted by molar-refractivity contribution is -0.137. The van der Waals surface area contributed by atoms with Crippen molar-refractivity contribution >= 4 is 11.0 Å².